The highest BCUT2D eigenvalue weighted by Gasteiger charge is 2.31. The molecule has 4 rings (SSSR count). The van der Waals surface area contributed by atoms with E-state index in [1.54, 1.807) is 19.2 Å². The van der Waals surface area contributed by atoms with Gasteiger partial charge in [-0.2, -0.15) is 0 Å². The number of carbonyl (C=O) groups is 3. The molecule has 1 atom stereocenters. The van der Waals surface area contributed by atoms with E-state index in [1.165, 1.54) is 6.33 Å². The summed E-state index contributed by atoms with van der Waals surface area (Å²) in [6.07, 6.45) is 2.74. The highest BCUT2D eigenvalue weighted by Crippen LogP contribution is 2.39. The lowest BCUT2D eigenvalue weighted by molar-refractivity contribution is -0.119. The number of methoxy groups -OCH3 is 1. The molecule has 2 amide bonds. The molecule has 1 aromatic heterocycles. The number of amides is 2. The van der Waals surface area contributed by atoms with E-state index in [2.05, 4.69) is 15.3 Å². The van der Waals surface area contributed by atoms with Crippen molar-refractivity contribution in [3.05, 3.63) is 88.0 Å². The summed E-state index contributed by atoms with van der Waals surface area (Å²) < 4.78 is 5.22. The molecule has 2 aromatic carbocycles. The van der Waals surface area contributed by atoms with Crippen LogP contribution >= 0.6 is 0 Å². The second kappa shape index (κ2) is 11.2. The van der Waals surface area contributed by atoms with Crippen molar-refractivity contribution < 1.29 is 24.2 Å². The van der Waals surface area contributed by atoms with Gasteiger partial charge in [0, 0.05) is 19.1 Å². The quantitative estimate of drug-likeness (QED) is 0.382. The lowest BCUT2D eigenvalue weighted by Crippen LogP contribution is -2.36. The van der Waals surface area contributed by atoms with Crippen LogP contribution in [0.5, 0.6) is 5.75 Å². The fraction of sp³-hybridized carbons (Fsp3) is 0.296. The topological polar surface area (TPSA) is 148 Å². The van der Waals surface area contributed by atoms with Crippen LogP contribution in [0, 0.1) is 6.92 Å². The number of aromatic nitrogens is 2. The number of carbonyl (C=O) groups excluding carboxylic acids is 2. The molecule has 0 bridgehead atoms. The Labute approximate surface area is 214 Å². The molecule has 0 fully saturated rings. The number of hydrogen-bond acceptors (Lipinski definition) is 7. The third-order valence-corrected chi connectivity index (χ3v) is 6.60. The van der Waals surface area contributed by atoms with Gasteiger partial charge in [-0.3, -0.25) is 14.5 Å². The minimum atomic E-state index is -0.962. The van der Waals surface area contributed by atoms with Crippen LogP contribution in [-0.2, 0) is 24.3 Å². The molecule has 0 spiro atoms. The third kappa shape index (κ3) is 5.92. The lowest BCUT2D eigenvalue weighted by atomic mass is 9.97. The standard InChI is InChI=1S/C27H29N5O5/c1-16-20-8-9-24(22(20)7-6-21(16)27(35)36)32(14-25(28)33)13-18-11-23(31-15-30-18)26(34)29-12-17-4-3-5-19(10-17)37-2/h3-7,10-11,15,24H,8-9,12-14H2,1-2H3,(H2,28,33)(H,29,34)(H,35,36). The Hall–Kier alpha value is -4.31. The number of fused-ring (bicyclic) bond motifs is 1. The summed E-state index contributed by atoms with van der Waals surface area (Å²) >= 11 is 0. The van der Waals surface area contributed by atoms with Gasteiger partial charge in [-0.15, -0.1) is 0 Å². The predicted molar refractivity (Wildman–Crippen MR) is 135 cm³/mol. The van der Waals surface area contributed by atoms with Crippen LogP contribution in [0.3, 0.4) is 0 Å². The number of aromatic carboxylic acids is 1. The van der Waals surface area contributed by atoms with Gasteiger partial charge in [-0.05, 0) is 66.3 Å². The molecule has 0 saturated heterocycles. The van der Waals surface area contributed by atoms with Crippen molar-refractivity contribution in [2.45, 2.75) is 38.9 Å². The highest BCUT2D eigenvalue weighted by atomic mass is 16.5. The van der Waals surface area contributed by atoms with Crippen molar-refractivity contribution in [1.29, 1.82) is 0 Å². The average molecular weight is 504 g/mol. The summed E-state index contributed by atoms with van der Waals surface area (Å²) in [4.78, 5) is 46.6. The minimum absolute atomic E-state index is 0.00872. The Kier molecular flexibility index (Phi) is 7.78. The number of benzene rings is 2. The molecule has 0 radical (unpaired) electrons. The molecular formula is C27H29N5O5. The third-order valence-electron chi connectivity index (χ3n) is 6.60. The maximum Gasteiger partial charge on any atom is 0.335 e. The van der Waals surface area contributed by atoms with E-state index in [0.29, 0.717) is 30.8 Å². The molecule has 192 valence electrons. The molecule has 0 saturated carbocycles. The summed E-state index contributed by atoms with van der Waals surface area (Å²) in [6.45, 7) is 2.38. The Bertz CT molecular complexity index is 1340. The van der Waals surface area contributed by atoms with Crippen LogP contribution in [0.4, 0.5) is 0 Å². The van der Waals surface area contributed by atoms with Crippen molar-refractivity contribution in [2.24, 2.45) is 5.73 Å². The van der Waals surface area contributed by atoms with Crippen LogP contribution in [0.25, 0.3) is 0 Å². The molecule has 37 heavy (non-hydrogen) atoms. The number of ether oxygens (including phenoxy) is 1. The second-order valence-electron chi connectivity index (χ2n) is 8.97. The van der Waals surface area contributed by atoms with E-state index < -0.39 is 11.9 Å². The van der Waals surface area contributed by atoms with E-state index in [4.69, 9.17) is 10.5 Å². The Morgan fingerprint density at radius 1 is 1.19 bits per heavy atom. The molecule has 1 unspecified atom stereocenters. The SMILES string of the molecule is COc1cccc(CNC(=O)c2cc(CN(CC(N)=O)C3CCc4c3ccc(C(=O)O)c4C)ncn2)c1. The molecule has 4 N–H and O–H groups in total. The normalized spacial score (nSPS) is 14.3. The molecular weight excluding hydrogens is 474 g/mol. The van der Waals surface area contributed by atoms with Gasteiger partial charge in [-0.25, -0.2) is 14.8 Å². The van der Waals surface area contributed by atoms with Gasteiger partial charge in [0.2, 0.25) is 5.91 Å². The molecule has 10 heteroatoms. The van der Waals surface area contributed by atoms with E-state index in [1.807, 2.05) is 42.2 Å². The number of carboxylic acids is 1. The zero-order chi connectivity index (χ0) is 26.5. The Balaban J connectivity index is 1.51. The van der Waals surface area contributed by atoms with Crippen LogP contribution in [0.15, 0.2) is 48.8 Å². The molecule has 10 nitrogen and oxygen atoms in total. The zero-order valence-electron chi connectivity index (χ0n) is 20.7. The van der Waals surface area contributed by atoms with Crippen molar-refractivity contribution in [2.75, 3.05) is 13.7 Å². The molecule has 0 aliphatic heterocycles. The molecule has 1 aliphatic carbocycles. The van der Waals surface area contributed by atoms with E-state index in [-0.39, 0.29) is 36.3 Å². The first-order chi connectivity index (χ1) is 17.8. The van der Waals surface area contributed by atoms with Gasteiger partial charge in [0.05, 0.1) is 24.9 Å². The summed E-state index contributed by atoms with van der Waals surface area (Å²) in [7, 11) is 1.58. The van der Waals surface area contributed by atoms with Gasteiger partial charge < -0.3 is 20.9 Å². The Morgan fingerprint density at radius 2 is 2.00 bits per heavy atom. The Morgan fingerprint density at radius 3 is 2.73 bits per heavy atom. The van der Waals surface area contributed by atoms with Crippen molar-refractivity contribution in [3.8, 4) is 5.75 Å². The maximum absolute atomic E-state index is 12.8. The summed E-state index contributed by atoms with van der Waals surface area (Å²) in [5.41, 5.74) is 10.2. The predicted octanol–water partition coefficient (Wildman–Crippen LogP) is 2.40. The van der Waals surface area contributed by atoms with Crippen molar-refractivity contribution in [1.82, 2.24) is 20.2 Å². The summed E-state index contributed by atoms with van der Waals surface area (Å²) in [5.74, 6) is -1.10. The smallest absolute Gasteiger partial charge is 0.335 e. The zero-order valence-corrected chi connectivity index (χ0v) is 20.7. The monoisotopic (exact) mass is 503 g/mol. The van der Waals surface area contributed by atoms with Gasteiger partial charge in [-0.1, -0.05) is 18.2 Å². The maximum atomic E-state index is 12.8. The largest absolute Gasteiger partial charge is 0.497 e. The number of carboxylic acid groups (broad SMARTS) is 1. The summed E-state index contributed by atoms with van der Waals surface area (Å²) in [5, 5.41) is 12.3. The molecule has 1 aliphatic rings. The van der Waals surface area contributed by atoms with Gasteiger partial charge in [0.15, 0.2) is 0 Å². The van der Waals surface area contributed by atoms with Gasteiger partial charge >= 0.3 is 5.97 Å². The number of nitrogens with two attached hydrogens (primary N) is 1. The van der Waals surface area contributed by atoms with Gasteiger partial charge in [0.1, 0.15) is 17.8 Å². The van der Waals surface area contributed by atoms with Crippen LogP contribution < -0.4 is 15.8 Å². The molecule has 1 heterocycles. The number of rotatable bonds is 10. The van der Waals surface area contributed by atoms with E-state index >= 15 is 0 Å². The highest BCUT2D eigenvalue weighted by molar-refractivity contribution is 5.92. The first kappa shape index (κ1) is 25.8. The first-order valence-electron chi connectivity index (χ1n) is 11.9. The lowest BCUT2D eigenvalue weighted by Gasteiger charge is -2.28. The van der Waals surface area contributed by atoms with E-state index in [0.717, 1.165) is 22.3 Å². The fourth-order valence-electron chi connectivity index (χ4n) is 4.82. The van der Waals surface area contributed by atoms with Crippen LogP contribution in [0.2, 0.25) is 0 Å². The van der Waals surface area contributed by atoms with Crippen molar-refractivity contribution >= 4 is 17.8 Å². The minimum Gasteiger partial charge on any atom is -0.497 e. The average Bonchev–Trinajstić information content (AvgIpc) is 3.32. The number of nitrogens with zero attached hydrogens (tertiary/aromatic N) is 3. The number of primary amides is 1. The fourth-order valence-corrected chi connectivity index (χ4v) is 4.82. The molecule has 3 aromatic rings. The number of nitrogens with one attached hydrogen (secondary N) is 1. The van der Waals surface area contributed by atoms with Crippen molar-refractivity contribution in [3.63, 3.8) is 0 Å². The second-order valence-corrected chi connectivity index (χ2v) is 8.97. The summed E-state index contributed by atoms with van der Waals surface area (Å²) in [6, 6.07) is 12.3. The van der Waals surface area contributed by atoms with Gasteiger partial charge in [0.25, 0.3) is 5.91 Å². The van der Waals surface area contributed by atoms with Crippen LogP contribution in [0.1, 0.15) is 61.3 Å². The number of hydrogen-bond donors (Lipinski definition) is 3. The first-order valence-corrected chi connectivity index (χ1v) is 11.9. The van der Waals surface area contributed by atoms with E-state index in [9.17, 15) is 19.5 Å². The van der Waals surface area contributed by atoms with Crippen LogP contribution in [-0.4, -0.2) is 51.4 Å².